The third kappa shape index (κ3) is 4.64. The maximum Gasteiger partial charge on any atom is 0.317 e. The lowest BCUT2D eigenvalue weighted by atomic mass is 10.1. The SMILES string of the molecule is C[C@H]1C[C@H](CNC(=O)N2CCSCC2)CN1Cc1ccccc1. The van der Waals surface area contributed by atoms with Crippen LogP contribution in [-0.2, 0) is 6.54 Å². The second kappa shape index (κ2) is 8.06. The van der Waals surface area contributed by atoms with Gasteiger partial charge in [0.1, 0.15) is 0 Å². The fourth-order valence-corrected chi connectivity index (χ4v) is 4.42. The van der Waals surface area contributed by atoms with Crippen molar-refractivity contribution in [3.05, 3.63) is 35.9 Å². The van der Waals surface area contributed by atoms with Gasteiger partial charge >= 0.3 is 6.03 Å². The van der Waals surface area contributed by atoms with Gasteiger partial charge in [-0.15, -0.1) is 0 Å². The predicted octanol–water partition coefficient (Wildman–Crippen LogP) is 2.66. The van der Waals surface area contributed by atoms with Crippen LogP contribution in [0.25, 0.3) is 0 Å². The van der Waals surface area contributed by atoms with Crippen LogP contribution in [0, 0.1) is 5.92 Å². The lowest BCUT2D eigenvalue weighted by Gasteiger charge is -2.27. The second-order valence-electron chi connectivity index (χ2n) is 6.65. The monoisotopic (exact) mass is 333 g/mol. The van der Waals surface area contributed by atoms with E-state index in [9.17, 15) is 4.79 Å². The zero-order valence-corrected chi connectivity index (χ0v) is 14.7. The summed E-state index contributed by atoms with van der Waals surface area (Å²) in [6, 6.07) is 11.4. The van der Waals surface area contributed by atoms with Crippen LogP contribution in [0.1, 0.15) is 18.9 Å². The van der Waals surface area contributed by atoms with Crippen LogP contribution in [0.3, 0.4) is 0 Å². The summed E-state index contributed by atoms with van der Waals surface area (Å²) >= 11 is 1.93. The van der Waals surface area contributed by atoms with Crippen molar-refractivity contribution in [3.63, 3.8) is 0 Å². The van der Waals surface area contributed by atoms with Gasteiger partial charge in [0.15, 0.2) is 0 Å². The number of thioether (sulfide) groups is 1. The number of hydrogen-bond donors (Lipinski definition) is 1. The highest BCUT2D eigenvalue weighted by atomic mass is 32.2. The van der Waals surface area contributed by atoms with Crippen LogP contribution in [0.4, 0.5) is 4.79 Å². The van der Waals surface area contributed by atoms with Crippen molar-refractivity contribution < 1.29 is 4.79 Å². The van der Waals surface area contributed by atoms with Gasteiger partial charge in [-0.25, -0.2) is 4.79 Å². The Morgan fingerprint density at radius 1 is 1.26 bits per heavy atom. The average molecular weight is 334 g/mol. The maximum atomic E-state index is 12.2. The molecule has 126 valence electrons. The van der Waals surface area contributed by atoms with E-state index in [4.69, 9.17) is 0 Å². The number of urea groups is 1. The molecular weight excluding hydrogens is 306 g/mol. The van der Waals surface area contributed by atoms with Gasteiger partial charge in [-0.2, -0.15) is 11.8 Å². The Morgan fingerprint density at radius 2 is 2.00 bits per heavy atom. The van der Waals surface area contributed by atoms with Crippen LogP contribution in [0.15, 0.2) is 30.3 Å². The first-order valence-corrected chi connectivity index (χ1v) is 9.76. The standard InChI is InChI=1S/C18H27N3OS/c1-15-11-17(12-19-18(22)20-7-9-23-10-8-20)14-21(15)13-16-5-3-2-4-6-16/h2-6,15,17H,7-14H2,1H3,(H,19,22)/t15-,17+/m0/s1. The molecule has 0 spiro atoms. The molecule has 0 unspecified atom stereocenters. The Kier molecular flexibility index (Phi) is 5.84. The summed E-state index contributed by atoms with van der Waals surface area (Å²) in [6.45, 7) is 6.96. The van der Waals surface area contributed by atoms with Gasteiger partial charge < -0.3 is 10.2 Å². The van der Waals surface area contributed by atoms with E-state index in [2.05, 4.69) is 47.5 Å². The number of nitrogens with one attached hydrogen (secondary N) is 1. The van der Waals surface area contributed by atoms with Crippen molar-refractivity contribution >= 4 is 17.8 Å². The van der Waals surface area contributed by atoms with E-state index in [0.29, 0.717) is 12.0 Å². The number of carbonyl (C=O) groups is 1. The van der Waals surface area contributed by atoms with Gasteiger partial charge in [-0.1, -0.05) is 30.3 Å². The zero-order chi connectivity index (χ0) is 16.1. The van der Waals surface area contributed by atoms with Gasteiger partial charge in [0, 0.05) is 50.3 Å². The highest BCUT2D eigenvalue weighted by Crippen LogP contribution is 2.24. The molecule has 2 amide bonds. The van der Waals surface area contributed by atoms with Gasteiger partial charge in [0.2, 0.25) is 0 Å². The first kappa shape index (κ1) is 16.7. The molecule has 3 rings (SSSR count). The molecular formula is C18H27N3OS. The summed E-state index contributed by atoms with van der Waals surface area (Å²) < 4.78 is 0. The number of nitrogens with zero attached hydrogens (tertiary/aromatic N) is 2. The van der Waals surface area contributed by atoms with E-state index in [-0.39, 0.29) is 6.03 Å². The molecule has 2 atom stereocenters. The topological polar surface area (TPSA) is 35.6 Å². The van der Waals surface area contributed by atoms with E-state index in [1.165, 1.54) is 12.0 Å². The first-order valence-electron chi connectivity index (χ1n) is 8.61. The summed E-state index contributed by atoms with van der Waals surface area (Å²) in [5.74, 6) is 2.70. The zero-order valence-electron chi connectivity index (χ0n) is 13.9. The van der Waals surface area contributed by atoms with E-state index >= 15 is 0 Å². The lowest BCUT2D eigenvalue weighted by Crippen LogP contribution is -2.45. The van der Waals surface area contributed by atoms with Gasteiger partial charge in [0.05, 0.1) is 0 Å². The van der Waals surface area contributed by atoms with Crippen molar-refractivity contribution in [1.82, 2.24) is 15.1 Å². The Labute approximate surface area is 143 Å². The van der Waals surface area contributed by atoms with E-state index in [1.807, 2.05) is 16.7 Å². The minimum absolute atomic E-state index is 0.125. The summed E-state index contributed by atoms with van der Waals surface area (Å²) in [7, 11) is 0. The number of carbonyl (C=O) groups excluding carboxylic acids is 1. The number of hydrogen-bond acceptors (Lipinski definition) is 3. The van der Waals surface area contributed by atoms with Crippen LogP contribution in [0.2, 0.25) is 0 Å². The second-order valence-corrected chi connectivity index (χ2v) is 7.88. The molecule has 0 aliphatic carbocycles. The minimum atomic E-state index is 0.125. The molecule has 1 N–H and O–H groups in total. The third-order valence-electron chi connectivity index (χ3n) is 4.86. The highest BCUT2D eigenvalue weighted by Gasteiger charge is 2.29. The predicted molar refractivity (Wildman–Crippen MR) is 96.7 cm³/mol. The van der Waals surface area contributed by atoms with Gasteiger partial charge in [-0.3, -0.25) is 4.90 Å². The Morgan fingerprint density at radius 3 is 2.74 bits per heavy atom. The van der Waals surface area contributed by atoms with Crippen molar-refractivity contribution in [3.8, 4) is 0 Å². The fraction of sp³-hybridized carbons (Fsp3) is 0.611. The molecule has 2 heterocycles. The van der Waals surface area contributed by atoms with Crippen LogP contribution in [-0.4, -0.2) is 59.6 Å². The molecule has 2 aliphatic rings. The summed E-state index contributed by atoms with van der Waals surface area (Å²) in [5.41, 5.74) is 1.37. The Bertz CT molecular complexity index is 504. The van der Waals surface area contributed by atoms with Crippen molar-refractivity contribution in [1.29, 1.82) is 0 Å². The quantitative estimate of drug-likeness (QED) is 0.920. The number of amides is 2. The smallest absolute Gasteiger partial charge is 0.317 e. The Balaban J connectivity index is 1.44. The number of benzene rings is 1. The number of likely N-dealkylation sites (tertiary alicyclic amines) is 1. The van der Waals surface area contributed by atoms with Crippen LogP contribution < -0.4 is 5.32 Å². The average Bonchev–Trinajstić information content (AvgIpc) is 2.94. The maximum absolute atomic E-state index is 12.2. The molecule has 2 aliphatic heterocycles. The molecule has 2 saturated heterocycles. The van der Waals surface area contributed by atoms with Crippen molar-refractivity contribution in [2.45, 2.75) is 25.9 Å². The van der Waals surface area contributed by atoms with Gasteiger partial charge in [0.25, 0.3) is 0 Å². The van der Waals surface area contributed by atoms with E-state index in [1.54, 1.807) is 0 Å². The van der Waals surface area contributed by atoms with Gasteiger partial charge in [-0.05, 0) is 24.8 Å². The molecule has 4 nitrogen and oxygen atoms in total. The molecule has 0 aromatic heterocycles. The van der Waals surface area contributed by atoms with Crippen LogP contribution >= 0.6 is 11.8 Å². The fourth-order valence-electron chi connectivity index (χ4n) is 3.51. The molecule has 1 aromatic carbocycles. The minimum Gasteiger partial charge on any atom is -0.338 e. The summed E-state index contributed by atoms with van der Waals surface area (Å²) in [5, 5.41) is 3.15. The Hall–Kier alpha value is -1.20. The molecule has 0 bridgehead atoms. The molecule has 1 aromatic rings. The summed E-state index contributed by atoms with van der Waals surface area (Å²) in [4.78, 5) is 16.7. The van der Waals surface area contributed by atoms with Crippen molar-refractivity contribution in [2.24, 2.45) is 5.92 Å². The van der Waals surface area contributed by atoms with Crippen molar-refractivity contribution in [2.75, 3.05) is 37.7 Å². The molecule has 0 saturated carbocycles. The molecule has 0 radical (unpaired) electrons. The first-order chi connectivity index (χ1) is 11.2. The summed E-state index contributed by atoms with van der Waals surface area (Å²) in [6.07, 6.45) is 1.17. The van der Waals surface area contributed by atoms with E-state index in [0.717, 1.165) is 44.2 Å². The molecule has 23 heavy (non-hydrogen) atoms. The van der Waals surface area contributed by atoms with Crippen LogP contribution in [0.5, 0.6) is 0 Å². The number of rotatable bonds is 4. The molecule has 5 heteroatoms. The largest absolute Gasteiger partial charge is 0.338 e. The third-order valence-corrected chi connectivity index (χ3v) is 5.80. The molecule has 2 fully saturated rings. The highest BCUT2D eigenvalue weighted by molar-refractivity contribution is 7.99. The normalized spacial score (nSPS) is 25.5. The lowest BCUT2D eigenvalue weighted by molar-refractivity contribution is 0.200. The van der Waals surface area contributed by atoms with E-state index < -0.39 is 0 Å².